The van der Waals surface area contributed by atoms with Crippen molar-refractivity contribution in [3.05, 3.63) is 38.9 Å². The maximum absolute atomic E-state index is 5.88. The van der Waals surface area contributed by atoms with Crippen molar-refractivity contribution in [2.75, 3.05) is 0 Å². The number of rotatable bonds is 1. The highest BCUT2D eigenvalue weighted by molar-refractivity contribution is 14.1. The number of hydrogen-bond acceptors (Lipinski definition) is 0. The van der Waals surface area contributed by atoms with E-state index in [0.29, 0.717) is 8.07 Å². The highest BCUT2D eigenvalue weighted by Gasteiger charge is 1.99. The summed E-state index contributed by atoms with van der Waals surface area (Å²) >= 11 is 13.6. The second-order valence-corrected chi connectivity index (χ2v) is 4.41. The average molecular weight is 299 g/mol. The highest BCUT2D eigenvalue weighted by atomic mass is 127. The number of halogens is 3. The highest BCUT2D eigenvalue weighted by Crippen LogP contribution is 2.28. The molecule has 0 spiro atoms. The molecule has 0 aromatic heterocycles. The van der Waals surface area contributed by atoms with Crippen LogP contribution in [0.4, 0.5) is 0 Å². The summed E-state index contributed by atoms with van der Waals surface area (Å²) in [7, 11) is 0. The molecule has 0 aliphatic carbocycles. The second kappa shape index (κ2) is 4.33. The van der Waals surface area contributed by atoms with E-state index >= 15 is 0 Å². The van der Waals surface area contributed by atoms with Gasteiger partial charge in [0.15, 0.2) is 0 Å². The van der Waals surface area contributed by atoms with E-state index < -0.39 is 0 Å². The third-order valence-corrected chi connectivity index (χ3v) is 2.74. The van der Waals surface area contributed by atoms with Crippen LogP contribution in [0.1, 0.15) is 5.56 Å². The van der Waals surface area contributed by atoms with Gasteiger partial charge < -0.3 is 0 Å². The van der Waals surface area contributed by atoms with Crippen molar-refractivity contribution in [1.82, 2.24) is 0 Å². The molecule has 0 amide bonds. The Kier molecular flexibility index (Phi) is 3.69. The van der Waals surface area contributed by atoms with Crippen molar-refractivity contribution >= 4 is 50.8 Å². The predicted molar refractivity (Wildman–Crippen MR) is 59.1 cm³/mol. The van der Waals surface area contributed by atoms with Crippen LogP contribution in [-0.4, -0.2) is 0 Å². The molecule has 0 fully saturated rings. The lowest BCUT2D eigenvalue weighted by Gasteiger charge is -1.97. The van der Waals surface area contributed by atoms with E-state index in [1.54, 1.807) is 0 Å². The monoisotopic (exact) mass is 298 g/mol. The zero-order chi connectivity index (χ0) is 8.27. The first-order valence-electron chi connectivity index (χ1n) is 2.98. The van der Waals surface area contributed by atoms with Crippen molar-refractivity contribution in [2.45, 2.75) is 0 Å². The van der Waals surface area contributed by atoms with Gasteiger partial charge in [-0.05, 0) is 28.2 Å². The van der Waals surface area contributed by atoms with Gasteiger partial charge in [0.1, 0.15) is 0 Å². The van der Waals surface area contributed by atoms with Crippen LogP contribution in [-0.2, 0) is 0 Å². The summed E-state index contributed by atoms with van der Waals surface area (Å²) in [5.74, 6) is 0. The molecule has 0 radical (unpaired) electrons. The maximum atomic E-state index is 5.88. The number of benzene rings is 1. The minimum atomic E-state index is 0.593. The molecular formula is C8H5Cl2I. The van der Waals surface area contributed by atoms with E-state index in [2.05, 4.69) is 0 Å². The lowest BCUT2D eigenvalue weighted by Crippen LogP contribution is -1.74. The molecule has 0 unspecified atom stereocenters. The lowest BCUT2D eigenvalue weighted by molar-refractivity contribution is 1.65. The molecule has 0 N–H and O–H groups in total. The Morgan fingerprint density at radius 3 is 2.09 bits per heavy atom. The van der Waals surface area contributed by atoms with E-state index in [-0.39, 0.29) is 0 Å². The normalized spacial score (nSPS) is 12.6. The van der Waals surface area contributed by atoms with Crippen LogP contribution in [0, 0.1) is 0 Å². The van der Waals surface area contributed by atoms with E-state index in [4.69, 9.17) is 23.2 Å². The lowest BCUT2D eigenvalue weighted by atomic mass is 10.2. The molecule has 3 heteroatoms. The molecular weight excluding hydrogens is 294 g/mol. The Balaban J connectivity index is 3.04. The summed E-state index contributed by atoms with van der Waals surface area (Å²) in [5, 5.41) is 0.605. The zero-order valence-electron chi connectivity index (χ0n) is 5.52. The van der Waals surface area contributed by atoms with Crippen LogP contribution in [0.15, 0.2) is 33.4 Å². The Labute approximate surface area is 89.3 Å². The van der Waals surface area contributed by atoms with E-state index in [1.165, 1.54) is 0 Å². The molecule has 0 aliphatic rings. The first kappa shape index (κ1) is 9.36. The molecule has 1 aromatic rings. The molecule has 0 nitrogen and oxygen atoms in total. The van der Waals surface area contributed by atoms with E-state index in [0.717, 1.165) is 5.56 Å². The number of hydrogen-bond donors (Lipinski definition) is 0. The van der Waals surface area contributed by atoms with Gasteiger partial charge in [0.05, 0.1) is 8.07 Å². The van der Waals surface area contributed by atoms with Crippen LogP contribution >= 0.6 is 45.8 Å². The fraction of sp³-hybridized carbons (Fsp3) is 0. The molecule has 0 heterocycles. The SMILES string of the molecule is ClC(I)=C(Cl)c1ccccc1. The van der Waals surface area contributed by atoms with Crippen LogP contribution in [0.3, 0.4) is 0 Å². The summed E-state index contributed by atoms with van der Waals surface area (Å²) in [6.45, 7) is 0. The van der Waals surface area contributed by atoms with Crippen molar-refractivity contribution in [2.24, 2.45) is 0 Å². The molecule has 0 atom stereocenters. The third-order valence-electron chi connectivity index (χ3n) is 1.19. The van der Waals surface area contributed by atoms with Gasteiger partial charge in [-0.1, -0.05) is 53.5 Å². The van der Waals surface area contributed by atoms with Gasteiger partial charge in [-0.15, -0.1) is 0 Å². The zero-order valence-corrected chi connectivity index (χ0v) is 9.19. The molecule has 1 aromatic carbocycles. The Bertz CT molecular complexity index is 263. The van der Waals surface area contributed by atoms with Crippen molar-refractivity contribution < 1.29 is 0 Å². The van der Waals surface area contributed by atoms with Crippen LogP contribution in [0.2, 0.25) is 0 Å². The molecule has 0 aliphatic heterocycles. The molecule has 0 bridgehead atoms. The molecule has 0 saturated heterocycles. The molecule has 58 valence electrons. The van der Waals surface area contributed by atoms with E-state index in [1.807, 2.05) is 52.9 Å². The Hall–Kier alpha value is 0.270. The Morgan fingerprint density at radius 1 is 1.09 bits per heavy atom. The van der Waals surface area contributed by atoms with Gasteiger partial charge in [0.25, 0.3) is 0 Å². The van der Waals surface area contributed by atoms with Crippen LogP contribution < -0.4 is 0 Å². The quantitative estimate of drug-likeness (QED) is 0.681. The van der Waals surface area contributed by atoms with Gasteiger partial charge in [-0.3, -0.25) is 0 Å². The van der Waals surface area contributed by atoms with Gasteiger partial charge in [0.2, 0.25) is 0 Å². The standard InChI is InChI=1S/C8H5Cl2I/c9-7(8(10)11)6-4-2-1-3-5-6/h1-5H. The van der Waals surface area contributed by atoms with Crippen molar-refractivity contribution in [3.63, 3.8) is 0 Å². The predicted octanol–water partition coefficient (Wildman–Crippen LogP) is 4.23. The summed E-state index contributed by atoms with van der Waals surface area (Å²) in [5.41, 5.74) is 0.952. The molecule has 0 saturated carbocycles. The Morgan fingerprint density at radius 2 is 1.64 bits per heavy atom. The smallest absolute Gasteiger partial charge is 0.0815 e. The minimum absolute atomic E-state index is 0.593. The topological polar surface area (TPSA) is 0 Å². The third kappa shape index (κ3) is 2.65. The van der Waals surface area contributed by atoms with Gasteiger partial charge in [0, 0.05) is 0 Å². The maximum Gasteiger partial charge on any atom is 0.0980 e. The molecule has 11 heavy (non-hydrogen) atoms. The van der Waals surface area contributed by atoms with Gasteiger partial charge in [-0.25, -0.2) is 0 Å². The largest absolute Gasteiger partial charge is 0.0980 e. The fourth-order valence-electron chi connectivity index (χ4n) is 0.694. The van der Waals surface area contributed by atoms with Crippen LogP contribution in [0.25, 0.3) is 5.03 Å². The summed E-state index contributed by atoms with van der Waals surface area (Å²) < 4.78 is 0.593. The summed E-state index contributed by atoms with van der Waals surface area (Å²) in [4.78, 5) is 0. The van der Waals surface area contributed by atoms with E-state index in [9.17, 15) is 0 Å². The van der Waals surface area contributed by atoms with Gasteiger partial charge in [-0.2, -0.15) is 0 Å². The van der Waals surface area contributed by atoms with Crippen LogP contribution in [0.5, 0.6) is 0 Å². The summed E-state index contributed by atoms with van der Waals surface area (Å²) in [6.07, 6.45) is 0. The second-order valence-electron chi connectivity index (χ2n) is 1.94. The molecule has 1 rings (SSSR count). The minimum Gasteiger partial charge on any atom is -0.0815 e. The fourth-order valence-corrected chi connectivity index (χ4v) is 1.24. The van der Waals surface area contributed by atoms with Crippen molar-refractivity contribution in [1.29, 1.82) is 0 Å². The average Bonchev–Trinajstić information content (AvgIpc) is 2.05. The van der Waals surface area contributed by atoms with Gasteiger partial charge >= 0.3 is 0 Å². The first-order chi connectivity index (χ1) is 5.22. The first-order valence-corrected chi connectivity index (χ1v) is 4.81. The summed E-state index contributed by atoms with van der Waals surface area (Å²) in [6, 6.07) is 9.63. The van der Waals surface area contributed by atoms with Crippen molar-refractivity contribution in [3.8, 4) is 0 Å².